The van der Waals surface area contributed by atoms with Crippen LogP contribution >= 0.6 is 12.6 Å². The van der Waals surface area contributed by atoms with Crippen molar-refractivity contribution in [3.05, 3.63) is 36.0 Å². The van der Waals surface area contributed by atoms with Gasteiger partial charge in [0.25, 0.3) is 0 Å². The zero-order valence-corrected chi connectivity index (χ0v) is 21.7. The highest BCUT2D eigenvalue weighted by Crippen LogP contribution is 2.19. The summed E-state index contributed by atoms with van der Waals surface area (Å²) >= 11 is 4.08. The number of hydrogen-bond acceptors (Lipinski definition) is 8. The second kappa shape index (κ2) is 15.0. The van der Waals surface area contributed by atoms with Crippen molar-refractivity contribution in [1.82, 2.24) is 20.9 Å². The molecule has 38 heavy (non-hydrogen) atoms. The molecule has 4 unspecified atom stereocenters. The van der Waals surface area contributed by atoms with Gasteiger partial charge in [0.15, 0.2) is 0 Å². The number of fused-ring (bicyclic) bond motifs is 1. The Labute approximate surface area is 225 Å². The van der Waals surface area contributed by atoms with Crippen LogP contribution in [-0.2, 0) is 30.4 Å². The molecule has 2 aromatic rings. The quantitative estimate of drug-likeness (QED) is 0.0881. The van der Waals surface area contributed by atoms with Gasteiger partial charge < -0.3 is 43.2 Å². The lowest BCUT2D eigenvalue weighted by molar-refractivity contribution is -0.142. The van der Waals surface area contributed by atoms with Crippen LogP contribution in [-0.4, -0.2) is 76.2 Å². The number of carboxylic acids is 1. The molecule has 14 heteroatoms. The summed E-state index contributed by atoms with van der Waals surface area (Å²) in [5.41, 5.74) is 17.8. The van der Waals surface area contributed by atoms with Gasteiger partial charge in [-0.1, -0.05) is 18.2 Å². The van der Waals surface area contributed by atoms with Crippen molar-refractivity contribution in [2.75, 3.05) is 12.3 Å². The first-order chi connectivity index (χ1) is 18.1. The highest BCUT2D eigenvalue weighted by atomic mass is 32.1. The number of aliphatic carboxylic acids is 1. The van der Waals surface area contributed by atoms with Crippen molar-refractivity contribution < 1.29 is 29.1 Å². The Morgan fingerprint density at radius 3 is 2.21 bits per heavy atom. The minimum absolute atomic E-state index is 0.0155. The van der Waals surface area contributed by atoms with E-state index in [-0.39, 0.29) is 18.6 Å². The lowest BCUT2D eigenvalue weighted by Gasteiger charge is -2.24. The third kappa shape index (κ3) is 9.04. The molecule has 0 fully saturated rings. The first-order valence-corrected chi connectivity index (χ1v) is 12.7. The average molecular weight is 550 g/mol. The number of nitrogens with two attached hydrogens (primary N) is 3. The molecule has 13 nitrogen and oxygen atoms in total. The summed E-state index contributed by atoms with van der Waals surface area (Å²) in [4.78, 5) is 64.3. The van der Waals surface area contributed by atoms with E-state index in [1.807, 2.05) is 24.3 Å². The minimum atomic E-state index is -1.26. The van der Waals surface area contributed by atoms with Crippen LogP contribution in [0.15, 0.2) is 30.5 Å². The van der Waals surface area contributed by atoms with Gasteiger partial charge in [-0.2, -0.15) is 12.6 Å². The molecule has 11 N–H and O–H groups in total. The van der Waals surface area contributed by atoms with E-state index in [1.165, 1.54) is 0 Å². The Morgan fingerprint density at radius 2 is 1.58 bits per heavy atom. The second-order valence-electron chi connectivity index (χ2n) is 8.83. The van der Waals surface area contributed by atoms with Gasteiger partial charge >= 0.3 is 5.97 Å². The summed E-state index contributed by atoms with van der Waals surface area (Å²) in [6.45, 7) is 0.369. The summed E-state index contributed by atoms with van der Waals surface area (Å²) in [7, 11) is 0. The number of aromatic nitrogens is 1. The van der Waals surface area contributed by atoms with Gasteiger partial charge in [0.1, 0.15) is 18.1 Å². The Morgan fingerprint density at radius 1 is 0.947 bits per heavy atom. The van der Waals surface area contributed by atoms with E-state index in [2.05, 4.69) is 33.6 Å². The fourth-order valence-corrected chi connectivity index (χ4v) is 4.07. The number of aromatic amines is 1. The van der Waals surface area contributed by atoms with Crippen LogP contribution in [0.4, 0.5) is 0 Å². The molecule has 0 spiro atoms. The molecule has 4 atom stereocenters. The zero-order valence-electron chi connectivity index (χ0n) is 20.8. The molecule has 0 radical (unpaired) electrons. The number of para-hydroxylation sites is 1. The average Bonchev–Trinajstić information content (AvgIpc) is 3.28. The highest BCUT2D eigenvalue weighted by molar-refractivity contribution is 7.80. The van der Waals surface area contributed by atoms with Gasteiger partial charge in [-0.15, -0.1) is 0 Å². The van der Waals surface area contributed by atoms with E-state index >= 15 is 0 Å². The maximum Gasteiger partial charge on any atom is 0.326 e. The maximum atomic E-state index is 13.1. The predicted molar refractivity (Wildman–Crippen MR) is 144 cm³/mol. The van der Waals surface area contributed by atoms with Crippen LogP contribution in [0.1, 0.15) is 31.2 Å². The van der Waals surface area contributed by atoms with Crippen molar-refractivity contribution in [3.8, 4) is 0 Å². The summed E-state index contributed by atoms with van der Waals surface area (Å²) in [5, 5.41) is 18.1. The van der Waals surface area contributed by atoms with E-state index in [0.29, 0.717) is 24.9 Å². The SMILES string of the molecule is NCCCCC(NC(=O)C(CS)NC(=O)C(N)CC(N)=O)C(=O)NC(Cc1c[nH]c2ccccc12)C(=O)O. The van der Waals surface area contributed by atoms with Crippen LogP contribution in [0.5, 0.6) is 0 Å². The molecule has 2 rings (SSSR count). The minimum Gasteiger partial charge on any atom is -0.480 e. The molecule has 4 amide bonds. The van der Waals surface area contributed by atoms with Crippen LogP contribution in [0.3, 0.4) is 0 Å². The highest BCUT2D eigenvalue weighted by Gasteiger charge is 2.30. The molecule has 0 bridgehead atoms. The molecule has 1 heterocycles. The number of hydrogen-bond donors (Lipinski definition) is 9. The molecule has 0 saturated heterocycles. The number of amides is 4. The van der Waals surface area contributed by atoms with E-state index < -0.39 is 60.2 Å². The molecule has 208 valence electrons. The van der Waals surface area contributed by atoms with Crippen molar-refractivity contribution in [2.45, 2.75) is 56.3 Å². The number of primary amides is 1. The lowest BCUT2D eigenvalue weighted by atomic mass is 10.0. The predicted octanol–water partition coefficient (Wildman–Crippen LogP) is -1.49. The maximum absolute atomic E-state index is 13.1. The van der Waals surface area contributed by atoms with Gasteiger partial charge in [0.05, 0.1) is 12.5 Å². The Hall–Kier alpha value is -3.62. The van der Waals surface area contributed by atoms with Crippen LogP contribution in [0.2, 0.25) is 0 Å². The number of rotatable bonds is 16. The number of benzene rings is 1. The topological polar surface area (TPSA) is 236 Å². The van der Waals surface area contributed by atoms with E-state index in [4.69, 9.17) is 17.2 Å². The summed E-state index contributed by atoms with van der Waals surface area (Å²) in [5.74, 6) is -4.35. The van der Waals surface area contributed by atoms with Gasteiger partial charge in [0.2, 0.25) is 23.6 Å². The second-order valence-corrected chi connectivity index (χ2v) is 9.19. The number of thiol groups is 1. The van der Waals surface area contributed by atoms with Crippen molar-refractivity contribution in [2.24, 2.45) is 17.2 Å². The number of carbonyl (C=O) groups is 5. The Balaban J connectivity index is 2.12. The standard InChI is InChI=1S/C24H35N7O6S/c25-8-4-3-7-17(29-23(35)19(12-38)31-21(33)15(26)10-20(27)32)22(34)30-18(24(36)37)9-13-11-28-16-6-2-1-5-14(13)16/h1-2,5-6,11,15,17-19,28,38H,3-4,7-10,12,25-26H2,(H2,27,32)(H,29,35)(H,30,34)(H,31,33)(H,36,37). The Kier molecular flexibility index (Phi) is 12.0. The molecule has 0 saturated carbocycles. The molecule has 1 aromatic carbocycles. The lowest BCUT2D eigenvalue weighted by Crippen LogP contribution is -2.58. The fraction of sp³-hybridized carbons (Fsp3) is 0.458. The van der Waals surface area contributed by atoms with Crippen molar-refractivity contribution >= 4 is 53.1 Å². The molecule has 1 aromatic heterocycles. The smallest absolute Gasteiger partial charge is 0.326 e. The van der Waals surface area contributed by atoms with Gasteiger partial charge in [-0.05, 0) is 37.4 Å². The largest absolute Gasteiger partial charge is 0.480 e. The fourth-order valence-electron chi connectivity index (χ4n) is 3.81. The number of unbranched alkanes of at least 4 members (excludes halogenated alkanes) is 1. The number of H-pyrrole nitrogens is 1. The first kappa shape index (κ1) is 30.6. The molecule has 0 aliphatic heterocycles. The monoisotopic (exact) mass is 549 g/mol. The first-order valence-electron chi connectivity index (χ1n) is 12.1. The van der Waals surface area contributed by atoms with Crippen molar-refractivity contribution in [3.63, 3.8) is 0 Å². The molecular formula is C24H35N7O6S. The Bertz CT molecular complexity index is 1140. The zero-order chi connectivity index (χ0) is 28.2. The third-order valence-electron chi connectivity index (χ3n) is 5.87. The van der Waals surface area contributed by atoms with Crippen LogP contribution in [0, 0.1) is 0 Å². The van der Waals surface area contributed by atoms with E-state index in [0.717, 1.165) is 10.9 Å². The summed E-state index contributed by atoms with van der Waals surface area (Å²) in [6.07, 6.45) is 2.53. The van der Waals surface area contributed by atoms with E-state index in [1.54, 1.807) is 6.20 Å². The number of nitrogens with one attached hydrogen (secondary N) is 4. The van der Waals surface area contributed by atoms with Gasteiger partial charge in [-0.25, -0.2) is 4.79 Å². The van der Waals surface area contributed by atoms with E-state index in [9.17, 15) is 29.1 Å². The van der Waals surface area contributed by atoms with Crippen LogP contribution < -0.4 is 33.2 Å². The van der Waals surface area contributed by atoms with Crippen LogP contribution in [0.25, 0.3) is 10.9 Å². The van der Waals surface area contributed by atoms with Gasteiger partial charge in [0, 0.05) is 29.3 Å². The third-order valence-corrected chi connectivity index (χ3v) is 6.23. The normalized spacial score (nSPS) is 14.2. The van der Waals surface area contributed by atoms with Crippen molar-refractivity contribution in [1.29, 1.82) is 0 Å². The number of carbonyl (C=O) groups excluding carboxylic acids is 4. The summed E-state index contributed by atoms with van der Waals surface area (Å²) in [6, 6.07) is 2.59. The molecular weight excluding hydrogens is 514 g/mol. The van der Waals surface area contributed by atoms with Gasteiger partial charge in [-0.3, -0.25) is 19.2 Å². The molecule has 0 aliphatic carbocycles. The number of carboxylic acid groups (broad SMARTS) is 1. The summed E-state index contributed by atoms with van der Waals surface area (Å²) < 4.78 is 0. The molecule has 0 aliphatic rings.